The molecule has 0 radical (unpaired) electrons. The summed E-state index contributed by atoms with van der Waals surface area (Å²) in [5.74, 6) is -2.28. The molecule has 0 unspecified atom stereocenters. The number of rotatable bonds is 4. The van der Waals surface area contributed by atoms with Crippen LogP contribution in [-0.4, -0.2) is 20.8 Å². The molecule has 0 bridgehead atoms. The highest BCUT2D eigenvalue weighted by atomic mass is 19.1. The van der Waals surface area contributed by atoms with Gasteiger partial charge in [0.2, 0.25) is 5.78 Å². The fourth-order valence-electron chi connectivity index (χ4n) is 2.06. The molecule has 3 aromatic rings. The average molecular weight is 299 g/mol. The Morgan fingerprint density at radius 2 is 1.86 bits per heavy atom. The molecule has 0 spiro atoms. The largest absolute Gasteiger partial charge is 0.287 e. The smallest absolute Gasteiger partial charge is 0.217 e. The minimum Gasteiger partial charge on any atom is -0.287 e. The van der Waals surface area contributed by atoms with Gasteiger partial charge in [-0.05, 0) is 17.7 Å². The third-order valence-corrected chi connectivity index (χ3v) is 3.13. The van der Waals surface area contributed by atoms with Gasteiger partial charge in [-0.3, -0.25) is 4.79 Å². The molecule has 0 aliphatic rings. The second kappa shape index (κ2) is 5.85. The summed E-state index contributed by atoms with van der Waals surface area (Å²) in [6.45, 7) is 0.451. The van der Waals surface area contributed by atoms with Crippen LogP contribution >= 0.6 is 0 Å². The first-order valence-electron chi connectivity index (χ1n) is 6.57. The van der Waals surface area contributed by atoms with Gasteiger partial charge in [-0.15, -0.1) is 5.10 Å². The normalized spacial score (nSPS) is 10.6. The summed E-state index contributed by atoms with van der Waals surface area (Å²) in [7, 11) is 0. The average Bonchev–Trinajstić information content (AvgIpc) is 2.96. The van der Waals surface area contributed by atoms with E-state index in [4.69, 9.17) is 0 Å². The van der Waals surface area contributed by atoms with Gasteiger partial charge in [0.05, 0.1) is 18.3 Å². The lowest BCUT2D eigenvalue weighted by Crippen LogP contribution is -2.05. The van der Waals surface area contributed by atoms with Gasteiger partial charge in [0.25, 0.3) is 0 Å². The molecule has 0 aliphatic heterocycles. The molecule has 4 nitrogen and oxygen atoms in total. The van der Waals surface area contributed by atoms with Crippen molar-refractivity contribution in [1.29, 1.82) is 0 Å². The van der Waals surface area contributed by atoms with E-state index in [-0.39, 0.29) is 11.3 Å². The maximum absolute atomic E-state index is 13.6. The van der Waals surface area contributed by atoms with E-state index in [1.54, 1.807) is 0 Å². The number of halogens is 2. The highest BCUT2D eigenvalue weighted by Crippen LogP contribution is 2.13. The van der Waals surface area contributed by atoms with Crippen LogP contribution in [0, 0.1) is 11.6 Å². The van der Waals surface area contributed by atoms with Gasteiger partial charge in [0, 0.05) is 6.07 Å². The fourth-order valence-corrected chi connectivity index (χ4v) is 2.06. The highest BCUT2D eigenvalue weighted by molar-refractivity contribution is 6.07. The van der Waals surface area contributed by atoms with Gasteiger partial charge < -0.3 is 0 Å². The van der Waals surface area contributed by atoms with Crippen molar-refractivity contribution in [2.75, 3.05) is 0 Å². The van der Waals surface area contributed by atoms with Gasteiger partial charge >= 0.3 is 0 Å². The number of aromatic nitrogens is 3. The highest BCUT2D eigenvalue weighted by Gasteiger charge is 2.18. The summed E-state index contributed by atoms with van der Waals surface area (Å²) in [6.07, 6.45) is 1.44. The van der Waals surface area contributed by atoms with E-state index in [1.165, 1.54) is 10.9 Å². The Morgan fingerprint density at radius 1 is 1.09 bits per heavy atom. The molecule has 1 aromatic heterocycles. The first kappa shape index (κ1) is 14.1. The molecule has 0 amide bonds. The van der Waals surface area contributed by atoms with Crippen LogP contribution in [0.3, 0.4) is 0 Å². The van der Waals surface area contributed by atoms with E-state index in [0.717, 1.165) is 17.7 Å². The van der Waals surface area contributed by atoms with Crippen LogP contribution in [0.4, 0.5) is 8.78 Å². The molecule has 3 rings (SSSR count). The van der Waals surface area contributed by atoms with Gasteiger partial charge in [-0.1, -0.05) is 35.5 Å². The van der Waals surface area contributed by atoms with Gasteiger partial charge in [0.15, 0.2) is 5.69 Å². The molecular weight excluding hydrogens is 288 g/mol. The number of benzene rings is 2. The number of carbonyl (C=O) groups excluding carboxylic acids is 1. The zero-order valence-corrected chi connectivity index (χ0v) is 11.4. The molecule has 0 aliphatic carbocycles. The Labute approximate surface area is 125 Å². The van der Waals surface area contributed by atoms with Gasteiger partial charge in [-0.25, -0.2) is 13.5 Å². The van der Waals surface area contributed by atoms with E-state index in [1.807, 2.05) is 30.3 Å². The summed E-state index contributed by atoms with van der Waals surface area (Å²) < 4.78 is 28.0. The number of ketones is 1. The number of carbonyl (C=O) groups is 1. The number of hydrogen-bond acceptors (Lipinski definition) is 3. The Bertz CT molecular complexity index is 815. The first-order valence-corrected chi connectivity index (χ1v) is 6.57. The zero-order chi connectivity index (χ0) is 15.5. The number of nitrogens with zero attached hydrogens (tertiary/aromatic N) is 3. The van der Waals surface area contributed by atoms with Crippen LogP contribution in [0.5, 0.6) is 0 Å². The summed E-state index contributed by atoms with van der Waals surface area (Å²) in [4.78, 5) is 12.2. The summed E-state index contributed by atoms with van der Waals surface area (Å²) in [6, 6.07) is 12.3. The summed E-state index contributed by atoms with van der Waals surface area (Å²) in [5.41, 5.74) is 0.786. The molecule has 6 heteroatoms. The lowest BCUT2D eigenvalue weighted by molar-refractivity contribution is 0.103. The van der Waals surface area contributed by atoms with Crippen molar-refractivity contribution < 1.29 is 13.6 Å². The fraction of sp³-hybridized carbons (Fsp3) is 0.0625. The lowest BCUT2D eigenvalue weighted by Gasteiger charge is -2.00. The van der Waals surface area contributed by atoms with Crippen LogP contribution in [0.2, 0.25) is 0 Å². The second-order valence-electron chi connectivity index (χ2n) is 4.74. The SMILES string of the molecule is O=C(c1cn(Cc2ccccc2)nn1)c1ccc(F)cc1F. The maximum Gasteiger partial charge on any atom is 0.217 e. The van der Waals surface area contributed by atoms with Crippen molar-refractivity contribution in [3.05, 3.63) is 83.2 Å². The van der Waals surface area contributed by atoms with Crippen LogP contribution < -0.4 is 0 Å². The van der Waals surface area contributed by atoms with E-state index < -0.39 is 17.4 Å². The number of hydrogen-bond donors (Lipinski definition) is 0. The van der Waals surface area contributed by atoms with Crippen molar-refractivity contribution in [3.63, 3.8) is 0 Å². The second-order valence-corrected chi connectivity index (χ2v) is 4.74. The molecule has 0 atom stereocenters. The third kappa shape index (κ3) is 2.90. The Balaban J connectivity index is 1.82. The first-order chi connectivity index (χ1) is 10.6. The molecule has 0 N–H and O–H groups in total. The van der Waals surface area contributed by atoms with Crippen molar-refractivity contribution in [2.45, 2.75) is 6.54 Å². The lowest BCUT2D eigenvalue weighted by atomic mass is 10.1. The van der Waals surface area contributed by atoms with E-state index in [9.17, 15) is 13.6 Å². The predicted octanol–water partition coefficient (Wildman–Crippen LogP) is 2.84. The Hall–Kier alpha value is -2.89. The van der Waals surface area contributed by atoms with E-state index in [2.05, 4.69) is 10.3 Å². The summed E-state index contributed by atoms with van der Waals surface area (Å²) >= 11 is 0. The molecule has 110 valence electrons. The molecule has 22 heavy (non-hydrogen) atoms. The molecule has 0 saturated carbocycles. The Kier molecular flexibility index (Phi) is 3.74. The van der Waals surface area contributed by atoms with Crippen LogP contribution in [0.25, 0.3) is 0 Å². The van der Waals surface area contributed by atoms with Crippen molar-refractivity contribution in [1.82, 2.24) is 15.0 Å². The van der Waals surface area contributed by atoms with E-state index in [0.29, 0.717) is 12.6 Å². The molecule has 2 aromatic carbocycles. The molecule has 0 saturated heterocycles. The van der Waals surface area contributed by atoms with Gasteiger partial charge in [0.1, 0.15) is 11.6 Å². The predicted molar refractivity (Wildman–Crippen MR) is 75.4 cm³/mol. The summed E-state index contributed by atoms with van der Waals surface area (Å²) in [5, 5.41) is 7.61. The quantitative estimate of drug-likeness (QED) is 0.696. The zero-order valence-electron chi connectivity index (χ0n) is 11.4. The monoisotopic (exact) mass is 299 g/mol. The molecule has 1 heterocycles. The van der Waals surface area contributed by atoms with Crippen LogP contribution in [-0.2, 0) is 6.54 Å². The minimum absolute atomic E-state index is 0.0152. The standard InChI is InChI=1S/C16H11F2N3O/c17-12-6-7-13(14(18)8-12)16(22)15-10-21(20-19-15)9-11-4-2-1-3-5-11/h1-8,10H,9H2. The molecule has 0 fully saturated rings. The Morgan fingerprint density at radius 3 is 2.59 bits per heavy atom. The minimum atomic E-state index is -0.914. The molecular formula is C16H11F2N3O. The topological polar surface area (TPSA) is 47.8 Å². The van der Waals surface area contributed by atoms with Crippen LogP contribution in [0.1, 0.15) is 21.6 Å². The van der Waals surface area contributed by atoms with E-state index >= 15 is 0 Å². The van der Waals surface area contributed by atoms with Gasteiger partial charge in [-0.2, -0.15) is 0 Å². The maximum atomic E-state index is 13.6. The van der Waals surface area contributed by atoms with Crippen molar-refractivity contribution in [3.8, 4) is 0 Å². The van der Waals surface area contributed by atoms with Crippen LogP contribution in [0.15, 0.2) is 54.7 Å². The van der Waals surface area contributed by atoms with Crippen molar-refractivity contribution >= 4 is 5.78 Å². The third-order valence-electron chi connectivity index (χ3n) is 3.13. The van der Waals surface area contributed by atoms with Crippen molar-refractivity contribution in [2.24, 2.45) is 0 Å².